The molecule has 0 aliphatic heterocycles. The molecule has 76 valence electrons. The highest BCUT2D eigenvalue weighted by atomic mass is 16.6. The minimum atomic E-state index is -0.608. The predicted octanol–water partition coefficient (Wildman–Crippen LogP) is 1.33. The lowest BCUT2D eigenvalue weighted by Crippen LogP contribution is -2.25. The number of methoxy groups -OCH3 is 1. The molecule has 0 aliphatic rings. The summed E-state index contributed by atoms with van der Waals surface area (Å²) in [5, 5.41) is 0. The van der Waals surface area contributed by atoms with E-state index in [0.29, 0.717) is 5.75 Å². The van der Waals surface area contributed by atoms with Gasteiger partial charge in [-0.1, -0.05) is 0 Å². The Morgan fingerprint density at radius 1 is 1.57 bits per heavy atom. The molecule has 0 aromatic carbocycles. The second kappa shape index (κ2) is 4.60. The van der Waals surface area contributed by atoms with Gasteiger partial charge in [0.15, 0.2) is 6.10 Å². The highest BCUT2D eigenvalue weighted by Gasteiger charge is 2.15. The number of aryl methyl sites for hydroxylation is 1. The zero-order valence-electron chi connectivity index (χ0n) is 8.48. The predicted molar refractivity (Wildman–Crippen MR) is 51.1 cm³/mol. The summed E-state index contributed by atoms with van der Waals surface area (Å²) in [6.07, 6.45) is 1.06. The first kappa shape index (κ1) is 10.5. The molecule has 0 radical (unpaired) electrons. The van der Waals surface area contributed by atoms with Crippen molar-refractivity contribution in [2.75, 3.05) is 7.11 Å². The summed E-state index contributed by atoms with van der Waals surface area (Å²) in [6, 6.07) is 3.52. The van der Waals surface area contributed by atoms with Crippen molar-refractivity contribution in [2.45, 2.75) is 20.0 Å². The molecule has 0 saturated heterocycles. The van der Waals surface area contributed by atoms with Crippen LogP contribution in [-0.4, -0.2) is 24.2 Å². The number of aromatic nitrogens is 1. The lowest BCUT2D eigenvalue weighted by Gasteiger charge is -2.13. The Bertz CT molecular complexity index is 325. The molecule has 1 rings (SSSR count). The molecule has 1 heterocycles. The van der Waals surface area contributed by atoms with E-state index in [4.69, 9.17) is 4.74 Å². The van der Waals surface area contributed by atoms with Crippen LogP contribution < -0.4 is 4.74 Å². The van der Waals surface area contributed by atoms with Crippen LogP contribution in [0.15, 0.2) is 18.3 Å². The fraction of sp³-hybridized carbons (Fsp3) is 0.400. The van der Waals surface area contributed by atoms with Crippen LogP contribution in [0.3, 0.4) is 0 Å². The first-order chi connectivity index (χ1) is 6.65. The summed E-state index contributed by atoms with van der Waals surface area (Å²) in [6.45, 7) is 3.46. The van der Waals surface area contributed by atoms with Crippen molar-refractivity contribution in [2.24, 2.45) is 0 Å². The van der Waals surface area contributed by atoms with Crippen molar-refractivity contribution >= 4 is 5.97 Å². The van der Waals surface area contributed by atoms with Gasteiger partial charge in [0.1, 0.15) is 5.75 Å². The molecule has 0 spiro atoms. The minimum absolute atomic E-state index is 0.395. The molecule has 1 atom stereocenters. The molecule has 0 aliphatic carbocycles. The van der Waals surface area contributed by atoms with Crippen LogP contribution in [0.2, 0.25) is 0 Å². The van der Waals surface area contributed by atoms with E-state index in [0.717, 1.165) is 5.69 Å². The summed E-state index contributed by atoms with van der Waals surface area (Å²) in [5.41, 5.74) is 0.753. The quantitative estimate of drug-likeness (QED) is 0.683. The fourth-order valence-electron chi connectivity index (χ4n) is 0.999. The molecule has 0 bridgehead atoms. The van der Waals surface area contributed by atoms with E-state index in [9.17, 15) is 4.79 Å². The molecule has 1 aromatic rings. The van der Waals surface area contributed by atoms with Crippen LogP contribution in [0, 0.1) is 6.92 Å². The Hall–Kier alpha value is -1.58. The van der Waals surface area contributed by atoms with Gasteiger partial charge in [-0.05, 0) is 26.0 Å². The van der Waals surface area contributed by atoms with Crippen molar-refractivity contribution < 1.29 is 14.3 Å². The second-order valence-corrected chi connectivity index (χ2v) is 2.87. The Morgan fingerprint density at radius 3 is 2.86 bits per heavy atom. The summed E-state index contributed by atoms with van der Waals surface area (Å²) in [5.74, 6) is 0.207. The van der Waals surface area contributed by atoms with E-state index in [-0.39, 0.29) is 0 Å². The Morgan fingerprint density at radius 2 is 2.29 bits per heavy atom. The van der Waals surface area contributed by atoms with Crippen molar-refractivity contribution in [3.05, 3.63) is 24.0 Å². The van der Waals surface area contributed by atoms with Gasteiger partial charge in [0.25, 0.3) is 0 Å². The van der Waals surface area contributed by atoms with Crippen LogP contribution in [0.1, 0.15) is 12.6 Å². The number of carbonyl (C=O) groups excluding carboxylic acids is 1. The van der Waals surface area contributed by atoms with E-state index >= 15 is 0 Å². The van der Waals surface area contributed by atoms with Crippen molar-refractivity contribution in [3.8, 4) is 5.75 Å². The van der Waals surface area contributed by atoms with E-state index in [1.54, 1.807) is 25.3 Å². The van der Waals surface area contributed by atoms with Crippen LogP contribution in [0.5, 0.6) is 5.75 Å². The number of esters is 1. The first-order valence-corrected chi connectivity index (χ1v) is 4.31. The van der Waals surface area contributed by atoms with Crippen LogP contribution in [-0.2, 0) is 9.53 Å². The summed E-state index contributed by atoms with van der Waals surface area (Å²) in [7, 11) is 1.33. The van der Waals surface area contributed by atoms with E-state index in [1.807, 2.05) is 6.92 Å². The largest absolute Gasteiger partial charge is 0.477 e. The molecule has 14 heavy (non-hydrogen) atoms. The Kier molecular flexibility index (Phi) is 3.45. The number of hydrogen-bond donors (Lipinski definition) is 0. The minimum Gasteiger partial charge on any atom is -0.477 e. The number of ether oxygens (including phenoxy) is 2. The van der Waals surface area contributed by atoms with Gasteiger partial charge < -0.3 is 9.47 Å². The van der Waals surface area contributed by atoms with E-state index in [2.05, 4.69) is 9.72 Å². The fourth-order valence-corrected chi connectivity index (χ4v) is 0.999. The molecule has 0 unspecified atom stereocenters. The maximum absolute atomic E-state index is 11.1. The number of rotatable bonds is 3. The molecule has 1 aromatic heterocycles. The standard InChI is InChI=1S/C10H13NO3/c1-7-9(5-4-6-11-7)14-8(2)10(12)13-3/h4-6,8H,1-3H3/t8-/m1/s1. The smallest absolute Gasteiger partial charge is 0.346 e. The molecular weight excluding hydrogens is 182 g/mol. The molecule has 4 heteroatoms. The molecule has 0 amide bonds. The third kappa shape index (κ3) is 2.45. The normalized spacial score (nSPS) is 11.9. The van der Waals surface area contributed by atoms with E-state index in [1.165, 1.54) is 7.11 Å². The van der Waals surface area contributed by atoms with Gasteiger partial charge in [0.05, 0.1) is 12.8 Å². The van der Waals surface area contributed by atoms with Crippen molar-refractivity contribution in [3.63, 3.8) is 0 Å². The molecule has 0 fully saturated rings. The highest BCUT2D eigenvalue weighted by Crippen LogP contribution is 2.15. The summed E-state index contributed by atoms with van der Waals surface area (Å²) >= 11 is 0. The topological polar surface area (TPSA) is 48.4 Å². The third-order valence-electron chi connectivity index (χ3n) is 1.80. The first-order valence-electron chi connectivity index (χ1n) is 4.31. The van der Waals surface area contributed by atoms with Gasteiger partial charge in [0, 0.05) is 6.20 Å². The zero-order chi connectivity index (χ0) is 10.6. The van der Waals surface area contributed by atoms with Gasteiger partial charge in [0.2, 0.25) is 0 Å². The SMILES string of the molecule is COC(=O)[C@@H](C)Oc1cccnc1C. The highest BCUT2D eigenvalue weighted by molar-refractivity contribution is 5.74. The summed E-state index contributed by atoms with van der Waals surface area (Å²) in [4.78, 5) is 15.1. The number of carbonyl (C=O) groups is 1. The molecule has 0 N–H and O–H groups in total. The second-order valence-electron chi connectivity index (χ2n) is 2.87. The van der Waals surface area contributed by atoms with Gasteiger partial charge in [-0.2, -0.15) is 0 Å². The van der Waals surface area contributed by atoms with Gasteiger partial charge in [-0.25, -0.2) is 4.79 Å². The molecule has 0 saturated carbocycles. The maximum Gasteiger partial charge on any atom is 0.346 e. The maximum atomic E-state index is 11.1. The van der Waals surface area contributed by atoms with Gasteiger partial charge >= 0.3 is 5.97 Å². The lowest BCUT2D eigenvalue weighted by molar-refractivity contribution is -0.147. The van der Waals surface area contributed by atoms with Gasteiger partial charge in [-0.3, -0.25) is 4.98 Å². The monoisotopic (exact) mass is 195 g/mol. The number of hydrogen-bond acceptors (Lipinski definition) is 4. The lowest BCUT2D eigenvalue weighted by atomic mass is 10.3. The van der Waals surface area contributed by atoms with Crippen molar-refractivity contribution in [1.82, 2.24) is 4.98 Å². The average molecular weight is 195 g/mol. The Balaban J connectivity index is 2.69. The number of nitrogens with zero attached hydrogens (tertiary/aromatic N) is 1. The summed E-state index contributed by atoms with van der Waals surface area (Å²) < 4.78 is 9.90. The molecule has 4 nitrogen and oxygen atoms in total. The van der Waals surface area contributed by atoms with Gasteiger partial charge in [-0.15, -0.1) is 0 Å². The van der Waals surface area contributed by atoms with Crippen molar-refractivity contribution in [1.29, 1.82) is 0 Å². The third-order valence-corrected chi connectivity index (χ3v) is 1.80. The zero-order valence-corrected chi connectivity index (χ0v) is 8.48. The van der Waals surface area contributed by atoms with E-state index < -0.39 is 12.1 Å². The Labute approximate surface area is 82.9 Å². The average Bonchev–Trinajstić information content (AvgIpc) is 2.20. The van der Waals surface area contributed by atoms with Crippen LogP contribution in [0.4, 0.5) is 0 Å². The molecular formula is C10H13NO3. The number of pyridine rings is 1. The van der Waals surface area contributed by atoms with Crippen LogP contribution >= 0.6 is 0 Å². The van der Waals surface area contributed by atoms with Crippen LogP contribution in [0.25, 0.3) is 0 Å².